The first kappa shape index (κ1) is 13.1. The molecule has 2 rings (SSSR count). The highest BCUT2D eigenvalue weighted by Gasteiger charge is 2.08. The topological polar surface area (TPSA) is 29.9 Å². The lowest BCUT2D eigenvalue weighted by Crippen LogP contribution is -2.19. The van der Waals surface area contributed by atoms with E-state index in [1.54, 1.807) is 0 Å². The fourth-order valence-electron chi connectivity index (χ4n) is 2.34. The first-order valence-corrected chi connectivity index (χ1v) is 6.92. The van der Waals surface area contributed by atoms with Gasteiger partial charge in [-0.25, -0.2) is 4.98 Å². The van der Waals surface area contributed by atoms with Crippen LogP contribution in [0.1, 0.15) is 31.7 Å². The van der Waals surface area contributed by atoms with E-state index >= 15 is 0 Å². The van der Waals surface area contributed by atoms with Crippen molar-refractivity contribution in [2.24, 2.45) is 0 Å². The predicted octanol–water partition coefficient (Wildman–Crippen LogP) is 2.91. The van der Waals surface area contributed by atoms with Crippen molar-refractivity contribution >= 4 is 11.0 Å². The van der Waals surface area contributed by atoms with Crippen molar-refractivity contribution < 1.29 is 0 Å². The van der Waals surface area contributed by atoms with Crippen LogP contribution in [-0.4, -0.2) is 22.6 Å². The summed E-state index contributed by atoms with van der Waals surface area (Å²) in [4.78, 5) is 4.76. The zero-order chi connectivity index (χ0) is 13.0. The van der Waals surface area contributed by atoms with Gasteiger partial charge >= 0.3 is 0 Å². The normalized spacial score (nSPS) is 11.3. The minimum absolute atomic E-state index is 0.989. The van der Waals surface area contributed by atoms with Gasteiger partial charge in [0.05, 0.1) is 11.0 Å². The minimum Gasteiger partial charge on any atom is -0.328 e. The van der Waals surface area contributed by atoms with Crippen LogP contribution in [0.3, 0.4) is 0 Å². The molecule has 0 unspecified atom stereocenters. The first-order chi connectivity index (χ1) is 8.76. The van der Waals surface area contributed by atoms with Gasteiger partial charge in [-0.2, -0.15) is 0 Å². The van der Waals surface area contributed by atoms with Crippen molar-refractivity contribution in [2.75, 3.05) is 13.1 Å². The molecule has 0 amide bonds. The third-order valence-electron chi connectivity index (χ3n) is 3.25. The number of aromatic nitrogens is 2. The molecule has 98 valence electrons. The van der Waals surface area contributed by atoms with E-state index in [1.165, 1.54) is 23.3 Å². The highest BCUT2D eigenvalue weighted by molar-refractivity contribution is 5.76. The van der Waals surface area contributed by atoms with E-state index in [9.17, 15) is 0 Å². The number of rotatable bonds is 6. The number of aryl methyl sites for hydroxylation is 2. The van der Waals surface area contributed by atoms with Gasteiger partial charge in [0.1, 0.15) is 5.82 Å². The monoisotopic (exact) mass is 245 g/mol. The Labute approximate surface area is 109 Å². The van der Waals surface area contributed by atoms with Crippen LogP contribution in [0.5, 0.6) is 0 Å². The van der Waals surface area contributed by atoms with Crippen LogP contribution < -0.4 is 5.32 Å². The molecule has 0 bridgehead atoms. The van der Waals surface area contributed by atoms with Crippen molar-refractivity contribution in [3.63, 3.8) is 0 Å². The van der Waals surface area contributed by atoms with Crippen LogP contribution in [0.4, 0.5) is 0 Å². The Kier molecular flexibility index (Phi) is 4.37. The van der Waals surface area contributed by atoms with Gasteiger partial charge in [-0.15, -0.1) is 0 Å². The second kappa shape index (κ2) is 6.01. The lowest BCUT2D eigenvalue weighted by Gasteiger charge is -2.06. The number of nitrogens with zero attached hydrogens (tertiary/aromatic N) is 2. The Morgan fingerprint density at radius 1 is 1.22 bits per heavy atom. The molecule has 3 heteroatoms. The van der Waals surface area contributed by atoms with E-state index < -0.39 is 0 Å². The lowest BCUT2D eigenvalue weighted by molar-refractivity contribution is 0.633. The quantitative estimate of drug-likeness (QED) is 0.793. The fraction of sp³-hybridized carbons (Fsp3) is 0.533. The molecule has 0 aliphatic heterocycles. The molecule has 0 fully saturated rings. The van der Waals surface area contributed by atoms with Gasteiger partial charge in [-0.1, -0.05) is 13.0 Å². The first-order valence-electron chi connectivity index (χ1n) is 6.92. The maximum atomic E-state index is 4.76. The number of hydrogen-bond acceptors (Lipinski definition) is 2. The molecule has 1 aromatic heterocycles. The Balaban J connectivity index is 2.21. The summed E-state index contributed by atoms with van der Waals surface area (Å²) < 4.78 is 2.32. The van der Waals surface area contributed by atoms with E-state index in [1.807, 2.05) is 0 Å². The Morgan fingerprint density at radius 3 is 2.78 bits per heavy atom. The molecule has 0 saturated heterocycles. The van der Waals surface area contributed by atoms with Crippen molar-refractivity contribution in [1.29, 1.82) is 0 Å². The molecular formula is C15H23N3. The average Bonchev–Trinajstić information content (AvgIpc) is 2.71. The predicted molar refractivity (Wildman–Crippen MR) is 77.0 cm³/mol. The van der Waals surface area contributed by atoms with E-state index in [0.717, 1.165) is 31.6 Å². The molecule has 0 radical (unpaired) electrons. The molecule has 1 N–H and O–H groups in total. The van der Waals surface area contributed by atoms with Gasteiger partial charge in [0, 0.05) is 19.5 Å². The Hall–Kier alpha value is -1.35. The largest absolute Gasteiger partial charge is 0.328 e. The lowest BCUT2D eigenvalue weighted by atomic mass is 10.2. The van der Waals surface area contributed by atoms with Gasteiger partial charge in [-0.3, -0.25) is 0 Å². The van der Waals surface area contributed by atoms with Crippen molar-refractivity contribution in [3.8, 4) is 0 Å². The summed E-state index contributed by atoms with van der Waals surface area (Å²) in [5, 5.41) is 3.44. The summed E-state index contributed by atoms with van der Waals surface area (Å²) in [5.74, 6) is 1.20. The molecule has 1 heterocycles. The van der Waals surface area contributed by atoms with Gasteiger partial charge in [-0.05, 0) is 44.5 Å². The summed E-state index contributed by atoms with van der Waals surface area (Å²) in [5.41, 5.74) is 3.66. The minimum atomic E-state index is 0.989. The number of nitrogens with one attached hydrogen (secondary N) is 1. The van der Waals surface area contributed by atoms with E-state index in [0.29, 0.717) is 0 Å². The van der Waals surface area contributed by atoms with Crippen molar-refractivity contribution in [2.45, 2.75) is 40.2 Å². The Bertz CT molecular complexity index is 514. The second-order valence-electron chi connectivity index (χ2n) is 4.76. The summed E-state index contributed by atoms with van der Waals surface area (Å²) in [6.07, 6.45) is 2.19. The van der Waals surface area contributed by atoms with Crippen molar-refractivity contribution in [1.82, 2.24) is 14.9 Å². The van der Waals surface area contributed by atoms with Crippen molar-refractivity contribution in [3.05, 3.63) is 29.6 Å². The van der Waals surface area contributed by atoms with Gasteiger partial charge in [0.2, 0.25) is 0 Å². The van der Waals surface area contributed by atoms with Crippen LogP contribution in [0.15, 0.2) is 18.2 Å². The molecule has 0 atom stereocenters. The zero-order valence-electron chi connectivity index (χ0n) is 11.7. The standard InChI is InChI=1S/C15H23N3/c1-4-9-16-10-8-15-17-13-11-12(3)6-7-14(13)18(15)5-2/h6-7,11,16H,4-5,8-10H2,1-3H3. The third-order valence-corrected chi connectivity index (χ3v) is 3.25. The maximum absolute atomic E-state index is 4.76. The SMILES string of the molecule is CCCNCCc1nc2cc(C)ccc2n1CC. The highest BCUT2D eigenvalue weighted by atomic mass is 15.1. The fourth-order valence-corrected chi connectivity index (χ4v) is 2.34. The number of hydrogen-bond donors (Lipinski definition) is 1. The average molecular weight is 245 g/mol. The summed E-state index contributed by atoms with van der Waals surface area (Å²) >= 11 is 0. The molecule has 0 aliphatic rings. The molecular weight excluding hydrogens is 222 g/mol. The van der Waals surface area contributed by atoms with E-state index in [-0.39, 0.29) is 0 Å². The Morgan fingerprint density at radius 2 is 2.06 bits per heavy atom. The summed E-state index contributed by atoms with van der Waals surface area (Å²) in [6, 6.07) is 6.52. The number of fused-ring (bicyclic) bond motifs is 1. The molecule has 0 saturated carbocycles. The van der Waals surface area contributed by atoms with Gasteiger partial charge in [0.25, 0.3) is 0 Å². The maximum Gasteiger partial charge on any atom is 0.111 e. The molecule has 1 aromatic carbocycles. The summed E-state index contributed by atoms with van der Waals surface area (Å²) in [6.45, 7) is 9.58. The third kappa shape index (κ3) is 2.72. The molecule has 0 spiro atoms. The van der Waals surface area contributed by atoms with E-state index in [2.05, 4.69) is 48.9 Å². The van der Waals surface area contributed by atoms with Crippen LogP contribution in [0.2, 0.25) is 0 Å². The smallest absolute Gasteiger partial charge is 0.111 e. The number of benzene rings is 1. The molecule has 2 aromatic rings. The van der Waals surface area contributed by atoms with Crippen LogP contribution in [0.25, 0.3) is 11.0 Å². The van der Waals surface area contributed by atoms with E-state index in [4.69, 9.17) is 4.98 Å². The summed E-state index contributed by atoms with van der Waals surface area (Å²) in [7, 11) is 0. The molecule has 18 heavy (non-hydrogen) atoms. The van der Waals surface area contributed by atoms with Gasteiger partial charge < -0.3 is 9.88 Å². The zero-order valence-corrected chi connectivity index (χ0v) is 11.7. The number of imidazole rings is 1. The van der Waals surface area contributed by atoms with Gasteiger partial charge in [0.15, 0.2) is 0 Å². The molecule has 3 nitrogen and oxygen atoms in total. The molecule has 0 aliphatic carbocycles. The van der Waals surface area contributed by atoms with Crippen LogP contribution in [0, 0.1) is 6.92 Å². The highest BCUT2D eigenvalue weighted by Crippen LogP contribution is 2.18. The van der Waals surface area contributed by atoms with Crippen LogP contribution >= 0.6 is 0 Å². The van der Waals surface area contributed by atoms with Crippen LogP contribution in [-0.2, 0) is 13.0 Å². The second-order valence-corrected chi connectivity index (χ2v) is 4.76.